The third-order valence-corrected chi connectivity index (χ3v) is 3.75. The Morgan fingerprint density at radius 2 is 1.80 bits per heavy atom. The highest BCUT2D eigenvalue weighted by Crippen LogP contribution is 2.29. The van der Waals surface area contributed by atoms with E-state index in [9.17, 15) is 18.0 Å². The highest BCUT2D eigenvalue weighted by molar-refractivity contribution is 5.78. The third kappa shape index (κ3) is 5.81. The Morgan fingerprint density at radius 1 is 1.12 bits per heavy atom. The van der Waals surface area contributed by atoms with E-state index in [1.165, 1.54) is 17.0 Å². The van der Waals surface area contributed by atoms with E-state index in [-0.39, 0.29) is 12.3 Å². The molecule has 0 fully saturated rings. The van der Waals surface area contributed by atoms with Crippen molar-refractivity contribution in [3.63, 3.8) is 0 Å². The lowest BCUT2D eigenvalue weighted by molar-refractivity contribution is -0.137. The van der Waals surface area contributed by atoms with Gasteiger partial charge in [0.05, 0.1) is 18.5 Å². The lowest BCUT2D eigenvalue weighted by Crippen LogP contribution is -2.32. The van der Waals surface area contributed by atoms with Crippen LogP contribution in [0.5, 0.6) is 5.75 Å². The largest absolute Gasteiger partial charge is 0.492 e. The summed E-state index contributed by atoms with van der Waals surface area (Å²) in [6.45, 7) is 2.71. The molecule has 0 spiro atoms. The molecule has 0 aliphatic carbocycles. The Hall–Kier alpha value is -2.50. The Labute approximate surface area is 145 Å². The summed E-state index contributed by atoms with van der Waals surface area (Å²) >= 11 is 0. The van der Waals surface area contributed by atoms with E-state index < -0.39 is 11.7 Å². The predicted octanol–water partition coefficient (Wildman–Crippen LogP) is 4.09. The van der Waals surface area contributed by atoms with Crippen LogP contribution >= 0.6 is 0 Å². The van der Waals surface area contributed by atoms with Crippen molar-refractivity contribution in [2.24, 2.45) is 0 Å². The first-order valence-corrected chi connectivity index (χ1v) is 7.85. The quantitative estimate of drug-likeness (QED) is 0.784. The summed E-state index contributed by atoms with van der Waals surface area (Å²) in [5, 5.41) is 0. The van der Waals surface area contributed by atoms with Crippen molar-refractivity contribution in [2.75, 3.05) is 20.2 Å². The van der Waals surface area contributed by atoms with E-state index in [0.717, 1.165) is 23.4 Å². The SMILES string of the molecule is Cc1cccc(OCCN(C)C(=O)Cc2ccc(C(F)(F)F)cc2)c1. The number of aryl methyl sites for hydroxylation is 1. The minimum absolute atomic E-state index is 0.0546. The minimum atomic E-state index is -4.37. The van der Waals surface area contributed by atoms with Crippen molar-refractivity contribution in [2.45, 2.75) is 19.5 Å². The van der Waals surface area contributed by atoms with Crippen LogP contribution in [0, 0.1) is 6.92 Å². The number of ether oxygens (including phenoxy) is 1. The maximum atomic E-state index is 12.5. The number of nitrogens with zero attached hydrogens (tertiary/aromatic N) is 1. The summed E-state index contributed by atoms with van der Waals surface area (Å²) in [5.41, 5.74) is 0.914. The molecule has 2 aromatic carbocycles. The zero-order chi connectivity index (χ0) is 18.4. The smallest absolute Gasteiger partial charge is 0.416 e. The Balaban J connectivity index is 1.81. The van der Waals surface area contributed by atoms with Gasteiger partial charge in [0.25, 0.3) is 0 Å². The molecule has 0 radical (unpaired) electrons. The molecule has 0 aromatic heterocycles. The summed E-state index contributed by atoms with van der Waals surface area (Å²) in [7, 11) is 1.64. The summed E-state index contributed by atoms with van der Waals surface area (Å²) < 4.78 is 43.2. The summed E-state index contributed by atoms with van der Waals surface area (Å²) in [4.78, 5) is 13.6. The standard InChI is InChI=1S/C19H20F3NO2/c1-14-4-3-5-17(12-14)25-11-10-23(2)18(24)13-15-6-8-16(9-7-15)19(20,21)22/h3-9,12H,10-11,13H2,1-2H3. The molecule has 0 bridgehead atoms. The molecule has 1 amide bonds. The van der Waals surface area contributed by atoms with Crippen LogP contribution in [0.3, 0.4) is 0 Å². The molecule has 0 aliphatic heterocycles. The number of rotatable bonds is 6. The number of hydrogen-bond donors (Lipinski definition) is 0. The van der Waals surface area contributed by atoms with Crippen LogP contribution in [0.1, 0.15) is 16.7 Å². The average molecular weight is 351 g/mol. The highest BCUT2D eigenvalue weighted by atomic mass is 19.4. The van der Waals surface area contributed by atoms with Crippen LogP contribution in [0.15, 0.2) is 48.5 Å². The van der Waals surface area contributed by atoms with Gasteiger partial charge in [0.15, 0.2) is 0 Å². The third-order valence-electron chi connectivity index (χ3n) is 3.75. The van der Waals surface area contributed by atoms with Crippen molar-refractivity contribution in [1.29, 1.82) is 0 Å². The average Bonchev–Trinajstić information content (AvgIpc) is 2.54. The molecular weight excluding hydrogens is 331 g/mol. The Morgan fingerprint density at radius 3 is 2.40 bits per heavy atom. The van der Waals surface area contributed by atoms with Crippen LogP contribution in [0.25, 0.3) is 0 Å². The predicted molar refractivity (Wildman–Crippen MR) is 89.5 cm³/mol. The number of carbonyl (C=O) groups is 1. The van der Waals surface area contributed by atoms with E-state index in [0.29, 0.717) is 18.7 Å². The molecule has 6 heteroatoms. The maximum absolute atomic E-state index is 12.5. The number of halogens is 3. The lowest BCUT2D eigenvalue weighted by atomic mass is 10.1. The van der Waals surface area contributed by atoms with E-state index in [1.54, 1.807) is 7.05 Å². The van der Waals surface area contributed by atoms with Gasteiger partial charge in [-0.2, -0.15) is 13.2 Å². The van der Waals surface area contributed by atoms with Gasteiger partial charge in [-0.3, -0.25) is 4.79 Å². The summed E-state index contributed by atoms with van der Waals surface area (Å²) in [6, 6.07) is 12.3. The van der Waals surface area contributed by atoms with E-state index >= 15 is 0 Å². The van der Waals surface area contributed by atoms with Crippen LogP contribution in [-0.4, -0.2) is 31.0 Å². The second kappa shape index (κ2) is 8.05. The Bertz CT molecular complexity index is 711. The second-order valence-electron chi connectivity index (χ2n) is 5.85. The number of likely N-dealkylation sites (N-methyl/N-ethyl adjacent to an activating group) is 1. The first-order valence-electron chi connectivity index (χ1n) is 7.85. The molecule has 0 aliphatic rings. The highest BCUT2D eigenvalue weighted by Gasteiger charge is 2.30. The Kier molecular flexibility index (Phi) is 6.07. The molecule has 3 nitrogen and oxygen atoms in total. The fourth-order valence-electron chi connectivity index (χ4n) is 2.25. The van der Waals surface area contributed by atoms with E-state index in [1.807, 2.05) is 31.2 Å². The van der Waals surface area contributed by atoms with E-state index in [2.05, 4.69) is 0 Å². The molecule has 2 aromatic rings. The van der Waals surface area contributed by atoms with Gasteiger partial charge in [0.2, 0.25) is 5.91 Å². The zero-order valence-corrected chi connectivity index (χ0v) is 14.1. The van der Waals surface area contributed by atoms with Gasteiger partial charge in [-0.1, -0.05) is 24.3 Å². The number of amides is 1. The number of hydrogen-bond acceptors (Lipinski definition) is 2. The first kappa shape index (κ1) is 18.8. The molecule has 0 unspecified atom stereocenters. The number of benzene rings is 2. The topological polar surface area (TPSA) is 29.5 Å². The zero-order valence-electron chi connectivity index (χ0n) is 14.1. The van der Waals surface area contributed by atoms with Crippen LogP contribution in [0.4, 0.5) is 13.2 Å². The summed E-state index contributed by atoms with van der Waals surface area (Å²) in [6.07, 6.45) is -4.31. The van der Waals surface area contributed by atoms with Gasteiger partial charge in [0.1, 0.15) is 12.4 Å². The fourth-order valence-corrected chi connectivity index (χ4v) is 2.25. The second-order valence-corrected chi connectivity index (χ2v) is 5.85. The maximum Gasteiger partial charge on any atom is 0.416 e. The molecule has 134 valence electrons. The number of alkyl halides is 3. The molecule has 2 rings (SSSR count). The molecule has 0 saturated carbocycles. The molecule has 0 N–H and O–H groups in total. The van der Waals surface area contributed by atoms with Crippen LogP contribution in [-0.2, 0) is 17.4 Å². The van der Waals surface area contributed by atoms with Gasteiger partial charge in [-0.25, -0.2) is 0 Å². The monoisotopic (exact) mass is 351 g/mol. The van der Waals surface area contributed by atoms with Gasteiger partial charge in [0, 0.05) is 7.05 Å². The number of carbonyl (C=O) groups excluding carboxylic acids is 1. The minimum Gasteiger partial charge on any atom is -0.492 e. The van der Waals surface area contributed by atoms with Crippen molar-refractivity contribution in [1.82, 2.24) is 4.90 Å². The van der Waals surface area contributed by atoms with Crippen molar-refractivity contribution < 1.29 is 22.7 Å². The van der Waals surface area contributed by atoms with Crippen molar-refractivity contribution in [3.8, 4) is 5.75 Å². The van der Waals surface area contributed by atoms with Crippen LogP contribution < -0.4 is 4.74 Å². The first-order chi connectivity index (χ1) is 11.8. The van der Waals surface area contributed by atoms with Gasteiger partial charge < -0.3 is 9.64 Å². The molecule has 25 heavy (non-hydrogen) atoms. The summed E-state index contributed by atoms with van der Waals surface area (Å²) in [5.74, 6) is 0.566. The molecular formula is C19H20F3NO2. The molecule has 0 atom stereocenters. The van der Waals surface area contributed by atoms with Crippen molar-refractivity contribution >= 4 is 5.91 Å². The molecule has 0 heterocycles. The van der Waals surface area contributed by atoms with Crippen molar-refractivity contribution in [3.05, 3.63) is 65.2 Å². The van der Waals surface area contributed by atoms with Crippen LogP contribution in [0.2, 0.25) is 0 Å². The van der Waals surface area contributed by atoms with Gasteiger partial charge in [-0.05, 0) is 42.3 Å². The molecule has 0 saturated heterocycles. The van der Waals surface area contributed by atoms with Gasteiger partial charge in [-0.15, -0.1) is 0 Å². The lowest BCUT2D eigenvalue weighted by Gasteiger charge is -2.18. The van der Waals surface area contributed by atoms with E-state index in [4.69, 9.17) is 4.74 Å². The van der Waals surface area contributed by atoms with Gasteiger partial charge >= 0.3 is 6.18 Å². The fraction of sp³-hybridized carbons (Fsp3) is 0.316. The normalized spacial score (nSPS) is 11.2.